The van der Waals surface area contributed by atoms with E-state index < -0.39 is 16.0 Å². The number of sulfonamides is 1. The molecule has 0 unspecified atom stereocenters. The Morgan fingerprint density at radius 2 is 1.59 bits per heavy atom. The molecule has 32 heavy (non-hydrogen) atoms. The number of rotatable bonds is 6. The summed E-state index contributed by atoms with van der Waals surface area (Å²) in [7, 11) is -3.79. The zero-order valence-electron chi connectivity index (χ0n) is 17.2. The lowest BCUT2D eigenvalue weighted by Crippen LogP contribution is -2.38. The quantitative estimate of drug-likeness (QED) is 0.579. The van der Waals surface area contributed by atoms with Crippen molar-refractivity contribution in [1.29, 1.82) is 0 Å². The second kappa shape index (κ2) is 9.23. The molecule has 1 heterocycles. The molecule has 0 radical (unpaired) electrons. The van der Waals surface area contributed by atoms with Crippen molar-refractivity contribution in [1.82, 2.24) is 0 Å². The van der Waals surface area contributed by atoms with Crippen LogP contribution in [0.4, 0.5) is 11.4 Å². The first kappa shape index (κ1) is 21.6. The van der Waals surface area contributed by atoms with Crippen molar-refractivity contribution in [2.45, 2.75) is 17.7 Å². The maximum Gasteiger partial charge on any atom is 0.338 e. The molecule has 0 fully saturated rings. The third-order valence-electron chi connectivity index (χ3n) is 5.16. The van der Waals surface area contributed by atoms with Crippen LogP contribution in [0.15, 0.2) is 83.8 Å². The number of benzene rings is 3. The predicted molar refractivity (Wildman–Crippen MR) is 121 cm³/mol. The highest BCUT2D eigenvalue weighted by Gasteiger charge is 2.23. The molecule has 1 aliphatic rings. The lowest BCUT2D eigenvalue weighted by atomic mass is 10.0. The summed E-state index contributed by atoms with van der Waals surface area (Å²) in [6, 6.07) is 21.6. The lowest BCUT2D eigenvalue weighted by Gasteiger charge is -2.29. The molecular weight excluding hydrogens is 428 g/mol. The predicted octanol–water partition coefficient (Wildman–Crippen LogP) is 3.62. The van der Waals surface area contributed by atoms with E-state index in [0.29, 0.717) is 12.2 Å². The molecule has 3 aromatic carbocycles. The van der Waals surface area contributed by atoms with Gasteiger partial charge in [0.25, 0.3) is 15.9 Å². The molecular formula is C24H22N2O5S. The Hall–Kier alpha value is -3.65. The number of carbonyl (C=O) groups is 2. The summed E-state index contributed by atoms with van der Waals surface area (Å²) < 4.78 is 32.6. The molecule has 3 aromatic rings. The highest BCUT2D eigenvalue weighted by molar-refractivity contribution is 7.92. The lowest BCUT2D eigenvalue weighted by molar-refractivity contribution is -0.121. The van der Waals surface area contributed by atoms with Gasteiger partial charge < -0.3 is 9.64 Å². The fourth-order valence-corrected chi connectivity index (χ4v) is 4.63. The van der Waals surface area contributed by atoms with Crippen LogP contribution < -0.4 is 9.62 Å². The smallest absolute Gasteiger partial charge is 0.338 e. The Balaban J connectivity index is 1.38. The van der Waals surface area contributed by atoms with Crippen LogP contribution in [0.5, 0.6) is 0 Å². The van der Waals surface area contributed by atoms with E-state index in [1.54, 1.807) is 35.2 Å². The highest BCUT2D eigenvalue weighted by atomic mass is 32.2. The second-order valence-electron chi connectivity index (χ2n) is 7.35. The number of nitrogens with zero attached hydrogens (tertiary/aromatic N) is 1. The van der Waals surface area contributed by atoms with Crippen LogP contribution in [0.2, 0.25) is 0 Å². The highest BCUT2D eigenvalue weighted by Crippen LogP contribution is 2.26. The molecule has 7 nitrogen and oxygen atoms in total. The van der Waals surface area contributed by atoms with E-state index in [-0.39, 0.29) is 23.0 Å². The number of anilines is 2. The molecule has 8 heteroatoms. The van der Waals surface area contributed by atoms with Crippen LogP contribution in [-0.4, -0.2) is 33.4 Å². The van der Waals surface area contributed by atoms with Gasteiger partial charge >= 0.3 is 5.97 Å². The van der Waals surface area contributed by atoms with Gasteiger partial charge in [-0.1, -0.05) is 36.4 Å². The SMILES string of the molecule is O=C(OCC(=O)N1CCCc2ccccc21)c1ccc(S(=O)(=O)Nc2ccccc2)cc1. The first-order valence-electron chi connectivity index (χ1n) is 10.2. The Morgan fingerprint density at radius 3 is 2.34 bits per heavy atom. The minimum Gasteiger partial charge on any atom is -0.452 e. The zero-order valence-corrected chi connectivity index (χ0v) is 18.0. The van der Waals surface area contributed by atoms with Gasteiger partial charge in [0.05, 0.1) is 10.5 Å². The van der Waals surface area contributed by atoms with Crippen molar-refractivity contribution >= 4 is 33.3 Å². The van der Waals surface area contributed by atoms with Gasteiger partial charge in [0.15, 0.2) is 6.61 Å². The summed E-state index contributed by atoms with van der Waals surface area (Å²) in [5.41, 5.74) is 2.55. The van der Waals surface area contributed by atoms with E-state index in [1.165, 1.54) is 24.3 Å². The van der Waals surface area contributed by atoms with Gasteiger partial charge in [-0.15, -0.1) is 0 Å². The van der Waals surface area contributed by atoms with Gasteiger partial charge in [-0.3, -0.25) is 9.52 Å². The number of esters is 1. The number of carbonyl (C=O) groups excluding carboxylic acids is 2. The van der Waals surface area contributed by atoms with Crippen LogP contribution >= 0.6 is 0 Å². The summed E-state index contributed by atoms with van der Waals surface area (Å²) in [6.45, 7) is 0.192. The number of amides is 1. The zero-order chi connectivity index (χ0) is 22.6. The number of hydrogen-bond donors (Lipinski definition) is 1. The van der Waals surface area contributed by atoms with Crippen LogP contribution in [0, 0.1) is 0 Å². The Labute approximate surface area is 186 Å². The van der Waals surface area contributed by atoms with Crippen molar-refractivity contribution in [3.63, 3.8) is 0 Å². The molecule has 0 spiro atoms. The molecule has 4 rings (SSSR count). The first-order valence-corrected chi connectivity index (χ1v) is 11.7. The molecule has 0 aromatic heterocycles. The van der Waals surface area contributed by atoms with Crippen LogP contribution in [0.25, 0.3) is 0 Å². The van der Waals surface area contributed by atoms with Crippen LogP contribution in [-0.2, 0) is 26.0 Å². The van der Waals surface area contributed by atoms with E-state index in [1.807, 2.05) is 24.3 Å². The molecule has 0 bridgehead atoms. The van der Waals surface area contributed by atoms with Gasteiger partial charge in [0.1, 0.15) is 0 Å². The fraction of sp³-hybridized carbons (Fsp3) is 0.167. The minimum absolute atomic E-state index is 0.0129. The maximum atomic E-state index is 12.6. The minimum atomic E-state index is -3.79. The summed E-state index contributed by atoms with van der Waals surface area (Å²) >= 11 is 0. The van der Waals surface area contributed by atoms with Gasteiger partial charge in [0, 0.05) is 17.9 Å². The van der Waals surface area contributed by atoms with Gasteiger partial charge in [-0.05, 0) is 60.9 Å². The standard InChI is InChI=1S/C24H22N2O5S/c27-23(26-16-6-8-18-7-4-5-11-22(18)26)17-31-24(28)19-12-14-21(15-13-19)32(29,30)25-20-9-2-1-3-10-20/h1-5,7,9-15,25H,6,8,16-17H2. The van der Waals surface area contributed by atoms with Gasteiger partial charge in [-0.2, -0.15) is 0 Å². The van der Waals surface area contributed by atoms with Gasteiger partial charge in [0.2, 0.25) is 0 Å². The number of para-hydroxylation sites is 2. The summed E-state index contributed by atoms with van der Waals surface area (Å²) in [5, 5.41) is 0. The topological polar surface area (TPSA) is 92.8 Å². The summed E-state index contributed by atoms with van der Waals surface area (Å²) in [6.07, 6.45) is 1.76. The van der Waals surface area contributed by atoms with Crippen LogP contribution in [0.3, 0.4) is 0 Å². The number of aryl methyl sites for hydroxylation is 1. The number of nitrogens with one attached hydrogen (secondary N) is 1. The molecule has 164 valence electrons. The van der Waals surface area contributed by atoms with Crippen molar-refractivity contribution in [3.05, 3.63) is 90.0 Å². The monoisotopic (exact) mass is 450 g/mol. The van der Waals surface area contributed by atoms with Crippen molar-refractivity contribution in [2.75, 3.05) is 22.8 Å². The summed E-state index contributed by atoms with van der Waals surface area (Å²) in [4.78, 5) is 26.6. The maximum absolute atomic E-state index is 12.6. The average molecular weight is 451 g/mol. The normalized spacial score (nSPS) is 13.2. The molecule has 0 saturated carbocycles. The van der Waals surface area contributed by atoms with E-state index in [2.05, 4.69) is 4.72 Å². The molecule has 0 aliphatic carbocycles. The Kier molecular flexibility index (Phi) is 6.23. The van der Waals surface area contributed by atoms with Crippen molar-refractivity contribution in [2.24, 2.45) is 0 Å². The van der Waals surface area contributed by atoms with E-state index in [4.69, 9.17) is 4.74 Å². The van der Waals surface area contributed by atoms with Gasteiger partial charge in [-0.25, -0.2) is 13.2 Å². The van der Waals surface area contributed by atoms with E-state index in [9.17, 15) is 18.0 Å². The third-order valence-corrected chi connectivity index (χ3v) is 6.56. The molecule has 1 aliphatic heterocycles. The molecule has 1 amide bonds. The average Bonchev–Trinajstić information content (AvgIpc) is 2.82. The van der Waals surface area contributed by atoms with E-state index >= 15 is 0 Å². The van der Waals surface area contributed by atoms with Crippen LogP contribution in [0.1, 0.15) is 22.3 Å². The number of ether oxygens (including phenoxy) is 1. The molecule has 0 saturated heterocycles. The largest absolute Gasteiger partial charge is 0.452 e. The Morgan fingerprint density at radius 1 is 0.906 bits per heavy atom. The molecule has 1 N–H and O–H groups in total. The van der Waals surface area contributed by atoms with Crippen molar-refractivity contribution in [3.8, 4) is 0 Å². The van der Waals surface area contributed by atoms with E-state index in [0.717, 1.165) is 24.1 Å². The molecule has 0 atom stereocenters. The number of fused-ring (bicyclic) bond motifs is 1. The number of hydrogen-bond acceptors (Lipinski definition) is 5. The Bertz CT molecular complexity index is 1220. The fourth-order valence-electron chi connectivity index (χ4n) is 3.57. The van der Waals surface area contributed by atoms with Crippen molar-refractivity contribution < 1.29 is 22.7 Å². The third kappa shape index (κ3) is 4.81. The first-order chi connectivity index (χ1) is 15.4. The summed E-state index contributed by atoms with van der Waals surface area (Å²) in [5.74, 6) is -0.986. The second-order valence-corrected chi connectivity index (χ2v) is 9.03.